The highest BCUT2D eigenvalue weighted by atomic mass is 19.1. The van der Waals surface area contributed by atoms with Gasteiger partial charge in [-0.15, -0.1) is 0 Å². The van der Waals surface area contributed by atoms with Crippen LogP contribution in [0.15, 0.2) is 77.8 Å². The van der Waals surface area contributed by atoms with E-state index in [1.807, 2.05) is 0 Å². The average molecular weight is 419 g/mol. The van der Waals surface area contributed by atoms with Crippen molar-refractivity contribution < 1.29 is 18.7 Å². The molecule has 1 aliphatic rings. The van der Waals surface area contributed by atoms with Crippen LogP contribution in [0.3, 0.4) is 0 Å². The van der Waals surface area contributed by atoms with E-state index in [1.165, 1.54) is 11.0 Å². The normalized spacial score (nSPS) is 15.0. The summed E-state index contributed by atoms with van der Waals surface area (Å²) in [5.41, 5.74) is 6.43. The Kier molecular flexibility index (Phi) is 5.33. The van der Waals surface area contributed by atoms with E-state index >= 15 is 0 Å². The van der Waals surface area contributed by atoms with Gasteiger partial charge in [0, 0.05) is 5.56 Å². The van der Waals surface area contributed by atoms with Crippen LogP contribution in [-0.2, 0) is 16.9 Å². The second-order valence-corrected chi connectivity index (χ2v) is 7.12. The highest BCUT2D eigenvalue weighted by molar-refractivity contribution is 6.09. The molecule has 3 aromatic carbocycles. The Balaban J connectivity index is 1.82. The Morgan fingerprint density at radius 1 is 0.903 bits per heavy atom. The number of hydrogen-bond acceptors (Lipinski definition) is 5. The van der Waals surface area contributed by atoms with Gasteiger partial charge in [-0.05, 0) is 41.5 Å². The average Bonchev–Trinajstić information content (AvgIpc) is 3.06. The molecular formula is C24H22FN3O3. The molecule has 0 saturated carbocycles. The molecule has 0 saturated heterocycles. The fourth-order valence-electron chi connectivity index (χ4n) is 3.74. The van der Waals surface area contributed by atoms with Crippen LogP contribution < -0.4 is 15.2 Å². The molecule has 4 rings (SSSR count). The number of nitrogens with zero attached hydrogens (tertiary/aromatic N) is 2. The van der Waals surface area contributed by atoms with E-state index in [0.29, 0.717) is 28.2 Å². The smallest absolute Gasteiger partial charge is 0.266 e. The van der Waals surface area contributed by atoms with Crippen LogP contribution in [0.4, 0.5) is 4.39 Å². The number of hydrogen-bond donors (Lipinski definition) is 1. The van der Waals surface area contributed by atoms with E-state index < -0.39 is 11.4 Å². The van der Waals surface area contributed by atoms with Crippen molar-refractivity contribution in [2.45, 2.75) is 12.1 Å². The van der Waals surface area contributed by atoms with E-state index in [2.05, 4.69) is 4.99 Å². The van der Waals surface area contributed by atoms with Crippen molar-refractivity contribution in [1.82, 2.24) is 4.90 Å². The van der Waals surface area contributed by atoms with Gasteiger partial charge < -0.3 is 15.2 Å². The Bertz CT molecular complexity index is 1080. The summed E-state index contributed by atoms with van der Waals surface area (Å²) >= 11 is 0. The lowest BCUT2D eigenvalue weighted by Crippen LogP contribution is -2.43. The van der Waals surface area contributed by atoms with Crippen LogP contribution >= 0.6 is 0 Å². The Labute approximate surface area is 179 Å². The summed E-state index contributed by atoms with van der Waals surface area (Å²) in [6.45, 7) is -0.0189. The molecule has 0 spiro atoms. The number of rotatable bonds is 6. The monoisotopic (exact) mass is 419 g/mol. The number of benzene rings is 3. The fraction of sp³-hybridized carbons (Fsp3) is 0.167. The second kappa shape index (κ2) is 8.10. The van der Waals surface area contributed by atoms with Gasteiger partial charge in [0.1, 0.15) is 17.3 Å². The lowest BCUT2D eigenvalue weighted by Gasteiger charge is -2.27. The van der Waals surface area contributed by atoms with Gasteiger partial charge in [0.05, 0.1) is 20.8 Å². The molecule has 0 bridgehead atoms. The number of halogens is 1. The molecule has 1 aliphatic heterocycles. The summed E-state index contributed by atoms with van der Waals surface area (Å²) in [6.07, 6.45) is 0. The van der Waals surface area contributed by atoms with Crippen LogP contribution in [0.1, 0.15) is 16.7 Å². The number of amides is 1. The van der Waals surface area contributed by atoms with E-state index in [-0.39, 0.29) is 18.4 Å². The van der Waals surface area contributed by atoms with Crippen LogP contribution in [0, 0.1) is 5.82 Å². The van der Waals surface area contributed by atoms with Crippen molar-refractivity contribution in [1.29, 1.82) is 0 Å². The summed E-state index contributed by atoms with van der Waals surface area (Å²) in [4.78, 5) is 19.7. The molecule has 6 nitrogen and oxygen atoms in total. The van der Waals surface area contributed by atoms with E-state index in [1.54, 1.807) is 80.9 Å². The zero-order valence-electron chi connectivity index (χ0n) is 17.2. The fourth-order valence-corrected chi connectivity index (χ4v) is 3.74. The number of methoxy groups -OCH3 is 2. The molecule has 1 amide bonds. The lowest BCUT2D eigenvalue weighted by atomic mass is 9.82. The summed E-state index contributed by atoms with van der Waals surface area (Å²) in [5.74, 6) is 0.566. The van der Waals surface area contributed by atoms with Crippen molar-refractivity contribution in [2.75, 3.05) is 14.2 Å². The van der Waals surface area contributed by atoms with Gasteiger partial charge in [-0.1, -0.05) is 42.5 Å². The highest BCUT2D eigenvalue weighted by Crippen LogP contribution is 2.41. The van der Waals surface area contributed by atoms with Gasteiger partial charge in [-0.2, -0.15) is 0 Å². The molecule has 0 unspecified atom stereocenters. The van der Waals surface area contributed by atoms with Gasteiger partial charge in [0.2, 0.25) is 0 Å². The first kappa shape index (κ1) is 20.4. The second-order valence-electron chi connectivity index (χ2n) is 7.12. The Morgan fingerprint density at radius 2 is 1.42 bits per heavy atom. The molecular weight excluding hydrogens is 397 g/mol. The third kappa shape index (κ3) is 3.48. The minimum Gasteiger partial charge on any atom is -0.497 e. The minimum absolute atomic E-state index is 0.0189. The zero-order chi connectivity index (χ0) is 22.0. The van der Waals surface area contributed by atoms with Crippen LogP contribution in [-0.4, -0.2) is 31.0 Å². The maximum Gasteiger partial charge on any atom is 0.266 e. The van der Waals surface area contributed by atoms with Crippen molar-refractivity contribution >= 4 is 11.9 Å². The summed E-state index contributed by atoms with van der Waals surface area (Å²) in [6, 6.07) is 20.5. The van der Waals surface area contributed by atoms with Crippen molar-refractivity contribution in [3.63, 3.8) is 0 Å². The number of nitrogens with two attached hydrogens (primary N) is 1. The molecule has 1 heterocycles. The molecule has 3 aromatic rings. The summed E-state index contributed by atoms with van der Waals surface area (Å²) in [5, 5.41) is 0. The summed E-state index contributed by atoms with van der Waals surface area (Å²) in [7, 11) is 3.14. The molecule has 0 radical (unpaired) electrons. The molecule has 31 heavy (non-hydrogen) atoms. The summed E-state index contributed by atoms with van der Waals surface area (Å²) < 4.78 is 24.8. The molecule has 158 valence electrons. The number of carbonyl (C=O) groups excluding carboxylic acids is 1. The predicted octanol–water partition coefficient (Wildman–Crippen LogP) is 3.44. The standard InChI is InChI=1S/C24H22FN3O3/c1-30-19-11-7-17(8-12-19)24(18-9-13-20(31-2)14-10-18)22(29)28(23(26)27-24)15-16-5-3-4-6-21(16)25/h3-14H,15H2,1-2H3,(H2,26,27). The molecule has 0 fully saturated rings. The van der Waals surface area contributed by atoms with Gasteiger partial charge >= 0.3 is 0 Å². The van der Waals surface area contributed by atoms with Crippen LogP contribution in [0.5, 0.6) is 11.5 Å². The number of aliphatic imine (C=N–C) groups is 1. The van der Waals surface area contributed by atoms with Crippen LogP contribution in [0.2, 0.25) is 0 Å². The SMILES string of the molecule is COc1ccc(C2(c3ccc(OC)cc3)N=C(N)N(Cc3ccccc3F)C2=O)cc1. The molecule has 2 N–H and O–H groups in total. The van der Waals surface area contributed by atoms with Crippen molar-refractivity contribution in [3.05, 3.63) is 95.3 Å². The Morgan fingerprint density at radius 3 is 1.90 bits per heavy atom. The molecule has 7 heteroatoms. The number of guanidine groups is 1. The number of carbonyl (C=O) groups is 1. The van der Waals surface area contributed by atoms with E-state index in [9.17, 15) is 9.18 Å². The van der Waals surface area contributed by atoms with Crippen LogP contribution in [0.25, 0.3) is 0 Å². The topological polar surface area (TPSA) is 77.2 Å². The highest BCUT2D eigenvalue weighted by Gasteiger charge is 2.50. The lowest BCUT2D eigenvalue weighted by molar-refractivity contribution is -0.130. The quantitative estimate of drug-likeness (QED) is 0.664. The first-order valence-corrected chi connectivity index (χ1v) is 9.69. The van der Waals surface area contributed by atoms with Crippen molar-refractivity contribution in [3.8, 4) is 11.5 Å². The van der Waals surface area contributed by atoms with Gasteiger partial charge in [-0.3, -0.25) is 9.69 Å². The van der Waals surface area contributed by atoms with E-state index in [0.717, 1.165) is 0 Å². The maximum absolute atomic E-state index is 14.3. The first-order valence-electron chi connectivity index (χ1n) is 9.69. The largest absolute Gasteiger partial charge is 0.497 e. The third-order valence-corrected chi connectivity index (χ3v) is 5.42. The van der Waals surface area contributed by atoms with Gasteiger partial charge in [-0.25, -0.2) is 9.38 Å². The van der Waals surface area contributed by atoms with E-state index in [4.69, 9.17) is 15.2 Å². The molecule has 0 atom stereocenters. The molecule has 0 aromatic heterocycles. The van der Waals surface area contributed by atoms with Gasteiger partial charge in [0.15, 0.2) is 11.5 Å². The van der Waals surface area contributed by atoms with Crippen molar-refractivity contribution in [2.24, 2.45) is 10.7 Å². The molecule has 0 aliphatic carbocycles. The third-order valence-electron chi connectivity index (χ3n) is 5.42. The minimum atomic E-state index is -1.39. The first-order chi connectivity index (χ1) is 15.0. The number of ether oxygens (including phenoxy) is 2. The maximum atomic E-state index is 14.3. The van der Waals surface area contributed by atoms with Gasteiger partial charge in [0.25, 0.3) is 5.91 Å². The zero-order valence-corrected chi connectivity index (χ0v) is 17.2. The Hall–Kier alpha value is -3.87. The predicted molar refractivity (Wildman–Crippen MR) is 115 cm³/mol.